The normalized spacial score (nSPS) is 30.0. The van der Waals surface area contributed by atoms with Crippen LogP contribution in [0.3, 0.4) is 0 Å². The highest BCUT2D eigenvalue weighted by atomic mass is 16.3. The van der Waals surface area contributed by atoms with Crippen LogP contribution < -0.4 is 0 Å². The zero-order chi connectivity index (χ0) is 6.85. The van der Waals surface area contributed by atoms with Gasteiger partial charge in [-0.1, -0.05) is 0 Å². The fourth-order valence-corrected chi connectivity index (χ4v) is 1.24. The Balaban J connectivity index is 2.30. The number of nitrogens with zero attached hydrogens (tertiary/aromatic N) is 1. The topological polar surface area (TPSA) is 23.5 Å². The van der Waals surface area contributed by atoms with Crippen LogP contribution in [0.5, 0.6) is 0 Å². The molecule has 54 valence electrons. The van der Waals surface area contributed by atoms with Crippen LogP contribution >= 0.6 is 0 Å². The van der Waals surface area contributed by atoms with E-state index in [1.54, 1.807) is 0 Å². The van der Waals surface area contributed by atoms with Gasteiger partial charge in [-0.2, -0.15) is 0 Å². The molecule has 0 saturated carbocycles. The minimum absolute atomic E-state index is 0.0626. The summed E-state index contributed by atoms with van der Waals surface area (Å²) in [5.74, 6) is 0. The lowest BCUT2D eigenvalue weighted by atomic mass is 10.3. The molecule has 0 aromatic heterocycles. The van der Waals surface area contributed by atoms with Gasteiger partial charge in [0, 0.05) is 19.1 Å². The Labute approximate surface area is 56.5 Å². The van der Waals surface area contributed by atoms with E-state index >= 15 is 0 Å². The van der Waals surface area contributed by atoms with Crippen LogP contribution in [-0.2, 0) is 0 Å². The summed E-state index contributed by atoms with van der Waals surface area (Å²) in [5, 5.41) is 9.11. The van der Waals surface area contributed by atoms with Crippen molar-refractivity contribution < 1.29 is 5.11 Å². The fourth-order valence-electron chi connectivity index (χ4n) is 1.24. The van der Waals surface area contributed by atoms with Crippen LogP contribution in [0.15, 0.2) is 0 Å². The van der Waals surface area contributed by atoms with Gasteiger partial charge in [-0.25, -0.2) is 0 Å². The molecule has 2 heteroatoms. The molecule has 1 N–H and O–H groups in total. The summed E-state index contributed by atoms with van der Waals surface area (Å²) in [4.78, 5) is 2.30. The van der Waals surface area contributed by atoms with Crippen LogP contribution in [0.2, 0.25) is 0 Å². The molecule has 0 bridgehead atoms. The third-order valence-corrected chi connectivity index (χ3v) is 1.93. The third kappa shape index (κ3) is 1.66. The van der Waals surface area contributed by atoms with Crippen molar-refractivity contribution in [2.75, 3.05) is 13.1 Å². The molecule has 1 rings (SSSR count). The minimum atomic E-state index is -0.0626. The minimum Gasteiger partial charge on any atom is -0.392 e. The van der Waals surface area contributed by atoms with E-state index in [0.29, 0.717) is 6.04 Å². The Morgan fingerprint density at radius 1 is 1.56 bits per heavy atom. The number of β-amino-alcohol motifs (C(OH)–C–C–N with tert-alkyl or cyclic N) is 1. The van der Waals surface area contributed by atoms with Gasteiger partial charge in [0.25, 0.3) is 0 Å². The maximum absolute atomic E-state index is 9.11. The van der Waals surface area contributed by atoms with Gasteiger partial charge in [0.1, 0.15) is 0 Å². The molecule has 0 unspecified atom stereocenters. The lowest BCUT2D eigenvalue weighted by Crippen LogP contribution is -2.28. The van der Waals surface area contributed by atoms with Gasteiger partial charge < -0.3 is 5.11 Å². The molecule has 1 aliphatic rings. The summed E-state index contributed by atoms with van der Waals surface area (Å²) in [6.07, 6.45) is 0.894. The zero-order valence-electron chi connectivity index (χ0n) is 6.17. The van der Waals surface area contributed by atoms with Gasteiger partial charge >= 0.3 is 0 Å². The van der Waals surface area contributed by atoms with Gasteiger partial charge in [-0.3, -0.25) is 4.90 Å². The molecular weight excluding hydrogens is 114 g/mol. The van der Waals surface area contributed by atoms with Crippen molar-refractivity contribution in [2.24, 2.45) is 0 Å². The highest BCUT2D eigenvalue weighted by Crippen LogP contribution is 2.11. The smallest absolute Gasteiger partial charge is 0.0679 e. The van der Waals surface area contributed by atoms with Crippen LogP contribution in [0, 0.1) is 0 Å². The molecule has 0 spiro atoms. The first kappa shape index (κ1) is 7.03. The van der Waals surface area contributed by atoms with Crippen molar-refractivity contribution in [3.05, 3.63) is 0 Å². The molecular formula is C7H15NO. The van der Waals surface area contributed by atoms with Crippen LogP contribution in [-0.4, -0.2) is 35.2 Å². The summed E-state index contributed by atoms with van der Waals surface area (Å²) >= 11 is 0. The highest BCUT2D eigenvalue weighted by molar-refractivity contribution is 4.76. The van der Waals surface area contributed by atoms with E-state index in [1.165, 1.54) is 0 Å². The largest absolute Gasteiger partial charge is 0.392 e. The monoisotopic (exact) mass is 129 g/mol. The number of hydrogen-bond donors (Lipinski definition) is 1. The van der Waals surface area contributed by atoms with Crippen molar-refractivity contribution in [2.45, 2.75) is 32.4 Å². The fraction of sp³-hybridized carbons (Fsp3) is 1.00. The average Bonchev–Trinajstić information content (AvgIpc) is 2.14. The van der Waals surface area contributed by atoms with Gasteiger partial charge in [0.15, 0.2) is 0 Å². The molecule has 0 radical (unpaired) electrons. The van der Waals surface area contributed by atoms with E-state index < -0.39 is 0 Å². The van der Waals surface area contributed by atoms with E-state index in [4.69, 9.17) is 5.11 Å². The standard InChI is InChI=1S/C7H15NO/c1-6(2)8-4-3-7(9)5-8/h6-7,9H,3-5H2,1-2H3/t7-/m1/s1. The Morgan fingerprint density at radius 2 is 2.22 bits per heavy atom. The quantitative estimate of drug-likeness (QED) is 0.556. The van der Waals surface area contributed by atoms with Crippen LogP contribution in [0.4, 0.5) is 0 Å². The van der Waals surface area contributed by atoms with Crippen molar-refractivity contribution in [1.82, 2.24) is 4.90 Å². The van der Waals surface area contributed by atoms with Gasteiger partial charge in [0.2, 0.25) is 0 Å². The highest BCUT2D eigenvalue weighted by Gasteiger charge is 2.21. The summed E-state index contributed by atoms with van der Waals surface area (Å²) < 4.78 is 0. The molecule has 0 aromatic rings. The number of hydrogen-bond acceptors (Lipinski definition) is 2. The maximum atomic E-state index is 9.11. The molecule has 1 heterocycles. The second-order valence-electron chi connectivity index (χ2n) is 3.03. The lowest BCUT2D eigenvalue weighted by Gasteiger charge is -2.18. The molecule has 9 heavy (non-hydrogen) atoms. The summed E-state index contributed by atoms with van der Waals surface area (Å²) in [6, 6.07) is 0.599. The average molecular weight is 129 g/mol. The number of rotatable bonds is 1. The van der Waals surface area contributed by atoms with Crippen LogP contribution in [0.25, 0.3) is 0 Å². The van der Waals surface area contributed by atoms with Gasteiger partial charge in [0.05, 0.1) is 6.10 Å². The summed E-state index contributed by atoms with van der Waals surface area (Å²) in [5.41, 5.74) is 0. The Bertz CT molecular complexity index is 92.9. The van der Waals surface area contributed by atoms with Crippen molar-refractivity contribution in [3.8, 4) is 0 Å². The van der Waals surface area contributed by atoms with Gasteiger partial charge in [-0.05, 0) is 20.3 Å². The molecule has 1 atom stereocenters. The molecule has 0 aliphatic carbocycles. The predicted molar refractivity (Wildman–Crippen MR) is 37.3 cm³/mol. The Kier molecular flexibility index (Phi) is 2.09. The summed E-state index contributed by atoms with van der Waals surface area (Å²) in [7, 11) is 0. The van der Waals surface area contributed by atoms with Gasteiger partial charge in [-0.15, -0.1) is 0 Å². The Morgan fingerprint density at radius 3 is 2.44 bits per heavy atom. The molecule has 1 saturated heterocycles. The molecule has 0 amide bonds. The maximum Gasteiger partial charge on any atom is 0.0679 e. The molecule has 0 aromatic carbocycles. The van der Waals surface area contributed by atoms with Crippen molar-refractivity contribution in [3.63, 3.8) is 0 Å². The first-order valence-electron chi connectivity index (χ1n) is 3.62. The first-order chi connectivity index (χ1) is 4.20. The van der Waals surface area contributed by atoms with E-state index in [0.717, 1.165) is 19.5 Å². The van der Waals surface area contributed by atoms with Crippen LogP contribution in [0.1, 0.15) is 20.3 Å². The predicted octanol–water partition coefficient (Wildman–Crippen LogP) is 0.461. The molecule has 2 nitrogen and oxygen atoms in total. The molecule has 1 fully saturated rings. The Hall–Kier alpha value is -0.0800. The number of aliphatic hydroxyl groups excluding tert-OH is 1. The first-order valence-corrected chi connectivity index (χ1v) is 3.62. The number of aliphatic hydroxyl groups is 1. The van der Waals surface area contributed by atoms with Crippen molar-refractivity contribution >= 4 is 0 Å². The second kappa shape index (κ2) is 2.67. The van der Waals surface area contributed by atoms with E-state index in [1.807, 2.05) is 0 Å². The second-order valence-corrected chi connectivity index (χ2v) is 3.03. The van der Waals surface area contributed by atoms with E-state index in [-0.39, 0.29) is 6.10 Å². The van der Waals surface area contributed by atoms with E-state index in [2.05, 4.69) is 18.7 Å². The number of likely N-dealkylation sites (tertiary alicyclic amines) is 1. The third-order valence-electron chi connectivity index (χ3n) is 1.93. The lowest BCUT2D eigenvalue weighted by molar-refractivity contribution is 0.166. The zero-order valence-corrected chi connectivity index (χ0v) is 6.17. The van der Waals surface area contributed by atoms with Crippen molar-refractivity contribution in [1.29, 1.82) is 0 Å². The summed E-state index contributed by atoms with van der Waals surface area (Å²) in [6.45, 7) is 6.27. The molecule has 1 aliphatic heterocycles. The SMILES string of the molecule is CC(C)N1CC[C@@H](O)C1. The van der Waals surface area contributed by atoms with E-state index in [9.17, 15) is 0 Å².